The predicted molar refractivity (Wildman–Crippen MR) is 34.2 cm³/mol. The Morgan fingerprint density at radius 2 is 2.38 bits per heavy atom. The summed E-state index contributed by atoms with van der Waals surface area (Å²) in [5, 5.41) is 2.93. The fourth-order valence-electron chi connectivity index (χ4n) is 0.336. The molecular formula is C4H11NO2S. The molecule has 0 amide bonds. The maximum absolute atomic E-state index is 9.95. The largest absolute Gasteiger partial charge is 0.316 e. The standard InChI is InChI=1S/C4H11NO2S/c1-2-5-3-4-8(6)7/h5H,2-4H2,1H3,(H,6,7). The van der Waals surface area contributed by atoms with Crippen LogP contribution in [-0.2, 0) is 11.1 Å². The first kappa shape index (κ1) is 8.07. The summed E-state index contributed by atoms with van der Waals surface area (Å²) in [4.78, 5) is 0. The van der Waals surface area contributed by atoms with Crippen molar-refractivity contribution in [1.82, 2.24) is 5.32 Å². The quantitative estimate of drug-likeness (QED) is 0.417. The zero-order valence-corrected chi connectivity index (χ0v) is 5.70. The zero-order chi connectivity index (χ0) is 6.41. The molecule has 0 aromatic rings. The van der Waals surface area contributed by atoms with Crippen molar-refractivity contribution in [2.24, 2.45) is 0 Å². The van der Waals surface area contributed by atoms with Gasteiger partial charge in [-0.15, -0.1) is 0 Å². The molecule has 50 valence electrons. The van der Waals surface area contributed by atoms with Crippen LogP contribution in [0.5, 0.6) is 0 Å². The molecule has 8 heavy (non-hydrogen) atoms. The van der Waals surface area contributed by atoms with E-state index in [0.717, 1.165) is 6.54 Å². The average Bonchev–Trinajstić information content (AvgIpc) is 1.66. The van der Waals surface area contributed by atoms with Gasteiger partial charge >= 0.3 is 0 Å². The van der Waals surface area contributed by atoms with Gasteiger partial charge < -0.3 is 9.87 Å². The lowest BCUT2D eigenvalue weighted by Gasteiger charge is -1.94. The van der Waals surface area contributed by atoms with Crippen molar-refractivity contribution in [3.63, 3.8) is 0 Å². The molecule has 1 unspecified atom stereocenters. The van der Waals surface area contributed by atoms with Crippen LogP contribution in [0.3, 0.4) is 0 Å². The van der Waals surface area contributed by atoms with Crippen LogP contribution in [0.1, 0.15) is 6.92 Å². The van der Waals surface area contributed by atoms with Crippen LogP contribution in [0.25, 0.3) is 0 Å². The molecule has 0 aliphatic rings. The van der Waals surface area contributed by atoms with Crippen LogP contribution in [0, 0.1) is 0 Å². The first-order chi connectivity index (χ1) is 3.77. The summed E-state index contributed by atoms with van der Waals surface area (Å²) >= 11 is -1.63. The van der Waals surface area contributed by atoms with Crippen LogP contribution >= 0.6 is 0 Å². The Morgan fingerprint density at radius 1 is 1.75 bits per heavy atom. The van der Waals surface area contributed by atoms with Gasteiger partial charge in [-0.2, -0.15) is 0 Å². The molecule has 1 atom stereocenters. The monoisotopic (exact) mass is 137 g/mol. The number of nitrogens with one attached hydrogen (secondary N) is 1. The van der Waals surface area contributed by atoms with Gasteiger partial charge in [0.2, 0.25) is 0 Å². The Morgan fingerprint density at radius 3 is 2.75 bits per heavy atom. The summed E-state index contributed by atoms with van der Waals surface area (Å²) in [5.41, 5.74) is 0. The summed E-state index contributed by atoms with van der Waals surface area (Å²) in [6, 6.07) is 0. The van der Waals surface area contributed by atoms with Crippen molar-refractivity contribution in [3.8, 4) is 0 Å². The van der Waals surface area contributed by atoms with E-state index in [2.05, 4.69) is 5.32 Å². The van der Waals surface area contributed by atoms with Gasteiger partial charge in [0.15, 0.2) is 11.1 Å². The van der Waals surface area contributed by atoms with Gasteiger partial charge in [0.25, 0.3) is 0 Å². The highest BCUT2D eigenvalue weighted by Gasteiger charge is 1.88. The molecule has 4 heteroatoms. The van der Waals surface area contributed by atoms with E-state index >= 15 is 0 Å². The minimum atomic E-state index is -1.63. The third kappa shape index (κ3) is 6.07. The van der Waals surface area contributed by atoms with Gasteiger partial charge in [-0.1, -0.05) is 6.92 Å². The lowest BCUT2D eigenvalue weighted by atomic mass is 10.7. The Balaban J connectivity index is 2.82. The van der Waals surface area contributed by atoms with Crippen molar-refractivity contribution in [2.75, 3.05) is 18.8 Å². The Kier molecular flexibility index (Phi) is 5.26. The molecule has 0 aromatic carbocycles. The molecule has 0 bridgehead atoms. The third-order valence-electron chi connectivity index (χ3n) is 0.703. The first-order valence-electron chi connectivity index (χ1n) is 2.55. The Bertz CT molecular complexity index is 76.4. The fraction of sp³-hybridized carbons (Fsp3) is 1.00. The summed E-state index contributed by atoms with van der Waals surface area (Å²) < 4.78 is 18.2. The molecule has 3 nitrogen and oxygen atoms in total. The van der Waals surface area contributed by atoms with Crippen LogP contribution in [-0.4, -0.2) is 27.6 Å². The van der Waals surface area contributed by atoms with Gasteiger partial charge in [0, 0.05) is 6.54 Å². The van der Waals surface area contributed by atoms with E-state index in [4.69, 9.17) is 4.55 Å². The van der Waals surface area contributed by atoms with E-state index in [1.54, 1.807) is 0 Å². The molecule has 0 spiro atoms. The molecule has 0 heterocycles. The average molecular weight is 137 g/mol. The van der Waals surface area contributed by atoms with Gasteiger partial charge in [0.05, 0.1) is 5.75 Å². The first-order valence-corrected chi connectivity index (χ1v) is 3.83. The second-order valence-corrected chi connectivity index (χ2v) is 2.43. The van der Waals surface area contributed by atoms with Gasteiger partial charge in [-0.3, -0.25) is 0 Å². The second kappa shape index (κ2) is 5.21. The van der Waals surface area contributed by atoms with Crippen molar-refractivity contribution in [3.05, 3.63) is 0 Å². The highest BCUT2D eigenvalue weighted by Crippen LogP contribution is 1.68. The van der Waals surface area contributed by atoms with E-state index in [1.807, 2.05) is 6.92 Å². The molecule has 0 saturated heterocycles. The molecule has 0 aromatic heterocycles. The third-order valence-corrected chi connectivity index (χ3v) is 1.26. The SMILES string of the molecule is CCNCCS(=O)O. The normalized spacial score (nSPS) is 13.8. The van der Waals surface area contributed by atoms with Crippen LogP contribution < -0.4 is 5.32 Å². The second-order valence-electron chi connectivity index (χ2n) is 1.38. The molecule has 0 radical (unpaired) electrons. The molecule has 0 aliphatic heterocycles. The zero-order valence-electron chi connectivity index (χ0n) is 4.89. The summed E-state index contributed by atoms with van der Waals surface area (Å²) in [6.45, 7) is 3.44. The predicted octanol–water partition coefficient (Wildman–Crippen LogP) is -0.182. The molecule has 2 N–H and O–H groups in total. The highest BCUT2D eigenvalue weighted by atomic mass is 32.2. The smallest absolute Gasteiger partial charge is 0.154 e. The Labute approximate surface area is 51.8 Å². The molecule has 0 saturated carbocycles. The van der Waals surface area contributed by atoms with Crippen molar-refractivity contribution in [1.29, 1.82) is 0 Å². The molecule has 0 fully saturated rings. The summed E-state index contributed by atoms with van der Waals surface area (Å²) in [6.07, 6.45) is 0. The van der Waals surface area contributed by atoms with Gasteiger partial charge in [-0.25, -0.2) is 4.21 Å². The van der Waals surface area contributed by atoms with Crippen molar-refractivity contribution in [2.45, 2.75) is 6.92 Å². The van der Waals surface area contributed by atoms with Crippen LogP contribution in [0.15, 0.2) is 0 Å². The van der Waals surface area contributed by atoms with Gasteiger partial charge in [-0.05, 0) is 6.54 Å². The van der Waals surface area contributed by atoms with E-state index < -0.39 is 11.1 Å². The lowest BCUT2D eigenvalue weighted by molar-refractivity contribution is 0.561. The maximum atomic E-state index is 9.95. The topological polar surface area (TPSA) is 49.3 Å². The number of hydrogen-bond donors (Lipinski definition) is 2. The van der Waals surface area contributed by atoms with E-state index in [-0.39, 0.29) is 0 Å². The van der Waals surface area contributed by atoms with Crippen LogP contribution in [0.2, 0.25) is 0 Å². The highest BCUT2D eigenvalue weighted by molar-refractivity contribution is 7.79. The lowest BCUT2D eigenvalue weighted by Crippen LogP contribution is -2.19. The minimum Gasteiger partial charge on any atom is -0.316 e. The van der Waals surface area contributed by atoms with Crippen molar-refractivity contribution >= 4 is 11.1 Å². The number of rotatable bonds is 4. The maximum Gasteiger partial charge on any atom is 0.154 e. The fourth-order valence-corrected chi connectivity index (χ4v) is 0.655. The summed E-state index contributed by atoms with van der Waals surface area (Å²) in [5.74, 6) is 0.327. The minimum absolute atomic E-state index is 0.327. The van der Waals surface area contributed by atoms with Gasteiger partial charge in [0.1, 0.15) is 0 Å². The van der Waals surface area contributed by atoms with Crippen molar-refractivity contribution < 1.29 is 8.76 Å². The summed E-state index contributed by atoms with van der Waals surface area (Å²) in [7, 11) is 0. The van der Waals surface area contributed by atoms with E-state index in [1.165, 1.54) is 0 Å². The van der Waals surface area contributed by atoms with E-state index in [0.29, 0.717) is 12.3 Å². The Hall–Kier alpha value is 0.0700. The molecule has 0 rings (SSSR count). The molecule has 0 aliphatic carbocycles. The van der Waals surface area contributed by atoms with Crippen LogP contribution in [0.4, 0.5) is 0 Å². The molecular weight excluding hydrogens is 126 g/mol. The number of hydrogen-bond acceptors (Lipinski definition) is 2. The van der Waals surface area contributed by atoms with E-state index in [9.17, 15) is 4.21 Å².